The third-order valence-electron chi connectivity index (χ3n) is 5.98. The summed E-state index contributed by atoms with van der Waals surface area (Å²) in [5.74, 6) is -0.0981. The van der Waals surface area contributed by atoms with Crippen LogP contribution in [0.15, 0.2) is 41.8 Å². The van der Waals surface area contributed by atoms with Gasteiger partial charge in [-0.15, -0.1) is 11.3 Å². The number of nitro groups is 1. The fourth-order valence-corrected chi connectivity index (χ4v) is 5.14. The molecule has 1 saturated heterocycles. The molecule has 1 fully saturated rings. The van der Waals surface area contributed by atoms with Gasteiger partial charge in [-0.2, -0.15) is 5.10 Å². The van der Waals surface area contributed by atoms with E-state index < -0.39 is 4.92 Å². The zero-order valence-corrected chi connectivity index (χ0v) is 19.1. The molecule has 1 N–H and O–H groups in total. The van der Waals surface area contributed by atoms with Crippen LogP contribution >= 0.6 is 11.3 Å². The van der Waals surface area contributed by atoms with E-state index in [-0.39, 0.29) is 17.6 Å². The Bertz CT molecular complexity index is 1090. The van der Waals surface area contributed by atoms with Crippen LogP contribution in [0.4, 0.5) is 5.69 Å². The van der Waals surface area contributed by atoms with Crippen LogP contribution in [0.5, 0.6) is 0 Å². The number of nitrogens with one attached hydrogen (secondary N) is 1. The molecule has 0 saturated carbocycles. The Morgan fingerprint density at radius 1 is 1.22 bits per heavy atom. The largest absolute Gasteiger partial charge is 0.350 e. The summed E-state index contributed by atoms with van der Waals surface area (Å²) < 4.78 is 1.63. The van der Waals surface area contributed by atoms with E-state index in [1.807, 2.05) is 12.1 Å². The molecule has 2 aromatic heterocycles. The summed E-state index contributed by atoms with van der Waals surface area (Å²) in [6.07, 6.45) is 2.41. The molecule has 4 rings (SSSR count). The minimum Gasteiger partial charge on any atom is -0.350 e. The second-order valence-electron chi connectivity index (χ2n) is 8.12. The monoisotopic (exact) mass is 453 g/mol. The number of nitrogens with zero attached hydrogens (tertiary/aromatic N) is 4. The van der Waals surface area contributed by atoms with Gasteiger partial charge in [-0.3, -0.25) is 24.5 Å². The van der Waals surface area contributed by atoms with E-state index in [2.05, 4.69) is 32.8 Å². The summed E-state index contributed by atoms with van der Waals surface area (Å²) in [5.41, 5.74) is 2.51. The number of aryl methyl sites for hydroxylation is 1. The van der Waals surface area contributed by atoms with Crippen LogP contribution in [0, 0.1) is 24.0 Å². The number of rotatable bonds is 8. The number of carbonyl (C=O) groups excluding carboxylic acids is 1. The highest BCUT2D eigenvalue weighted by Crippen LogP contribution is 2.28. The number of likely N-dealkylation sites (tertiary alicyclic amines) is 1. The number of amides is 1. The molecular formula is C23H27N5O3S. The van der Waals surface area contributed by atoms with Crippen LogP contribution in [0.2, 0.25) is 0 Å². The van der Waals surface area contributed by atoms with E-state index in [0.29, 0.717) is 30.0 Å². The summed E-state index contributed by atoms with van der Waals surface area (Å²) in [6, 6.07) is 11.7. The Morgan fingerprint density at radius 2 is 1.94 bits per heavy atom. The van der Waals surface area contributed by atoms with Crippen LogP contribution in [-0.2, 0) is 6.54 Å². The zero-order valence-electron chi connectivity index (χ0n) is 18.3. The summed E-state index contributed by atoms with van der Waals surface area (Å²) in [5, 5.41) is 20.7. The lowest BCUT2D eigenvalue weighted by atomic mass is 10.1. The van der Waals surface area contributed by atoms with E-state index >= 15 is 0 Å². The van der Waals surface area contributed by atoms with Gasteiger partial charge in [0, 0.05) is 17.0 Å². The molecule has 0 aliphatic carbocycles. The van der Waals surface area contributed by atoms with Gasteiger partial charge in [-0.25, -0.2) is 0 Å². The van der Waals surface area contributed by atoms with Crippen molar-refractivity contribution in [3.63, 3.8) is 0 Å². The smallest absolute Gasteiger partial charge is 0.312 e. The van der Waals surface area contributed by atoms with Crippen LogP contribution < -0.4 is 5.32 Å². The van der Waals surface area contributed by atoms with Crippen molar-refractivity contribution in [2.24, 2.45) is 0 Å². The highest BCUT2D eigenvalue weighted by Gasteiger charge is 2.25. The molecule has 0 bridgehead atoms. The Morgan fingerprint density at radius 3 is 2.53 bits per heavy atom. The van der Waals surface area contributed by atoms with E-state index in [1.54, 1.807) is 42.0 Å². The topological polar surface area (TPSA) is 93.3 Å². The summed E-state index contributed by atoms with van der Waals surface area (Å²) >= 11 is 1.73. The number of carbonyl (C=O) groups is 1. The van der Waals surface area contributed by atoms with Crippen molar-refractivity contribution in [1.29, 1.82) is 0 Å². The van der Waals surface area contributed by atoms with Crippen molar-refractivity contribution in [3.05, 3.63) is 79.3 Å². The fourth-order valence-electron chi connectivity index (χ4n) is 4.28. The van der Waals surface area contributed by atoms with Gasteiger partial charge in [-0.05, 0) is 68.9 Å². The quantitative estimate of drug-likeness (QED) is 0.410. The highest BCUT2D eigenvalue weighted by atomic mass is 32.1. The molecule has 0 radical (unpaired) electrons. The van der Waals surface area contributed by atoms with Crippen molar-refractivity contribution >= 4 is 22.9 Å². The first kappa shape index (κ1) is 22.2. The Balaban J connectivity index is 1.40. The second kappa shape index (κ2) is 9.62. The summed E-state index contributed by atoms with van der Waals surface area (Å²) in [7, 11) is 0. The number of hydrogen-bond donors (Lipinski definition) is 1. The van der Waals surface area contributed by atoms with Crippen LogP contribution in [0.1, 0.15) is 51.1 Å². The molecule has 8 nitrogen and oxygen atoms in total. The molecule has 0 spiro atoms. The Hall–Kier alpha value is -3.04. The number of hydrogen-bond acceptors (Lipinski definition) is 6. The van der Waals surface area contributed by atoms with Gasteiger partial charge in [0.25, 0.3) is 5.91 Å². The third-order valence-corrected chi connectivity index (χ3v) is 6.96. The lowest BCUT2D eigenvalue weighted by Crippen LogP contribution is -2.36. The Kier molecular flexibility index (Phi) is 6.66. The van der Waals surface area contributed by atoms with Crippen LogP contribution in [0.25, 0.3) is 0 Å². The average molecular weight is 454 g/mol. The first-order valence-corrected chi connectivity index (χ1v) is 11.6. The van der Waals surface area contributed by atoms with Crippen LogP contribution in [0.3, 0.4) is 0 Å². The molecule has 32 heavy (non-hydrogen) atoms. The molecule has 1 aliphatic heterocycles. The molecular weight excluding hydrogens is 426 g/mol. The molecule has 3 aromatic rings. The minimum absolute atomic E-state index is 0.0549. The predicted octanol–water partition coefficient (Wildman–Crippen LogP) is 4.08. The molecule has 9 heteroatoms. The van der Waals surface area contributed by atoms with Crippen molar-refractivity contribution in [2.75, 3.05) is 19.6 Å². The van der Waals surface area contributed by atoms with Crippen LogP contribution in [-0.4, -0.2) is 45.1 Å². The summed E-state index contributed by atoms with van der Waals surface area (Å²) in [6.45, 7) is 6.47. The normalized spacial score (nSPS) is 15.1. The standard InChI is InChI=1S/C23H27N5O3S/c1-16-22(28(30)31)17(2)27(25-16)15-18-7-9-19(10-8-18)23(29)24-14-20(21-6-5-13-32-21)26-11-3-4-12-26/h5-10,13,20H,3-4,11-12,14-15H2,1-2H3,(H,24,29). The molecule has 1 atom stereocenters. The number of aromatic nitrogens is 2. The molecule has 1 unspecified atom stereocenters. The minimum atomic E-state index is -0.396. The molecule has 1 aliphatic rings. The molecule has 1 aromatic carbocycles. The lowest BCUT2D eigenvalue weighted by molar-refractivity contribution is -0.386. The van der Waals surface area contributed by atoms with Gasteiger partial charge >= 0.3 is 5.69 Å². The van der Waals surface area contributed by atoms with E-state index in [0.717, 1.165) is 18.7 Å². The maximum absolute atomic E-state index is 12.8. The molecule has 1 amide bonds. The number of benzene rings is 1. The van der Waals surface area contributed by atoms with Gasteiger partial charge in [0.1, 0.15) is 11.4 Å². The van der Waals surface area contributed by atoms with Gasteiger partial charge in [0.15, 0.2) is 0 Å². The van der Waals surface area contributed by atoms with Gasteiger partial charge in [0.05, 0.1) is 17.5 Å². The molecule has 3 heterocycles. The maximum Gasteiger partial charge on any atom is 0.312 e. The highest BCUT2D eigenvalue weighted by molar-refractivity contribution is 7.10. The fraction of sp³-hybridized carbons (Fsp3) is 0.391. The second-order valence-corrected chi connectivity index (χ2v) is 9.09. The van der Waals surface area contributed by atoms with Gasteiger partial charge in [0.2, 0.25) is 0 Å². The first-order valence-electron chi connectivity index (χ1n) is 10.8. The van der Waals surface area contributed by atoms with Crippen molar-refractivity contribution in [1.82, 2.24) is 20.0 Å². The van der Waals surface area contributed by atoms with E-state index in [9.17, 15) is 14.9 Å². The Labute approximate surface area is 191 Å². The predicted molar refractivity (Wildman–Crippen MR) is 124 cm³/mol. The first-order chi connectivity index (χ1) is 15.4. The van der Waals surface area contributed by atoms with Crippen molar-refractivity contribution in [2.45, 2.75) is 39.3 Å². The SMILES string of the molecule is Cc1nn(Cc2ccc(C(=O)NCC(c3cccs3)N3CCCC3)cc2)c(C)c1[N+](=O)[O-]. The van der Waals surface area contributed by atoms with E-state index in [4.69, 9.17) is 0 Å². The van der Waals surface area contributed by atoms with Crippen molar-refractivity contribution < 1.29 is 9.72 Å². The summed E-state index contributed by atoms with van der Waals surface area (Å²) in [4.78, 5) is 27.3. The lowest BCUT2D eigenvalue weighted by Gasteiger charge is -2.27. The van der Waals surface area contributed by atoms with Gasteiger partial charge in [-0.1, -0.05) is 18.2 Å². The van der Waals surface area contributed by atoms with E-state index in [1.165, 1.54) is 17.7 Å². The average Bonchev–Trinajstić information content (AvgIpc) is 3.52. The third kappa shape index (κ3) is 4.73. The zero-order chi connectivity index (χ0) is 22.7. The number of thiophene rings is 1. The molecule has 168 valence electrons. The maximum atomic E-state index is 12.8. The van der Waals surface area contributed by atoms with Gasteiger partial charge < -0.3 is 5.32 Å². The van der Waals surface area contributed by atoms with Crippen molar-refractivity contribution in [3.8, 4) is 0 Å².